The van der Waals surface area contributed by atoms with Crippen LogP contribution in [0.5, 0.6) is 0 Å². The number of benzene rings is 2. The molecule has 0 bridgehead atoms. The predicted octanol–water partition coefficient (Wildman–Crippen LogP) is 4.10. The predicted molar refractivity (Wildman–Crippen MR) is 79.1 cm³/mol. The van der Waals surface area contributed by atoms with E-state index >= 15 is 0 Å². The molecule has 96 valence electrons. The molecule has 0 aliphatic heterocycles. The quantitative estimate of drug-likeness (QED) is 0.890. The molecule has 0 aliphatic rings. The van der Waals surface area contributed by atoms with Gasteiger partial charge in [-0.15, -0.1) is 0 Å². The van der Waals surface area contributed by atoms with Crippen molar-refractivity contribution in [2.24, 2.45) is 0 Å². The topological polar surface area (TPSA) is 35.8 Å². The van der Waals surface area contributed by atoms with E-state index in [2.05, 4.69) is 43.4 Å². The van der Waals surface area contributed by atoms with Crippen LogP contribution in [0, 0.1) is 32.1 Å². The zero-order chi connectivity index (χ0) is 13.8. The molecule has 0 atom stereocenters. The molecule has 2 rings (SSSR count). The molecule has 2 nitrogen and oxygen atoms in total. The van der Waals surface area contributed by atoms with E-state index in [1.807, 2.05) is 25.1 Å². The highest BCUT2D eigenvalue weighted by atomic mass is 14.9. The molecule has 2 aromatic carbocycles. The van der Waals surface area contributed by atoms with Gasteiger partial charge >= 0.3 is 0 Å². The normalized spacial score (nSPS) is 10.0. The molecule has 0 amide bonds. The molecule has 0 aliphatic carbocycles. The fourth-order valence-electron chi connectivity index (χ4n) is 2.14. The van der Waals surface area contributed by atoms with Crippen LogP contribution < -0.4 is 5.32 Å². The minimum absolute atomic E-state index is 0.690. The van der Waals surface area contributed by atoms with Gasteiger partial charge in [0.15, 0.2) is 0 Å². The molecule has 0 spiro atoms. The lowest BCUT2D eigenvalue weighted by atomic mass is 10.1. The maximum absolute atomic E-state index is 9.11. The van der Waals surface area contributed by atoms with E-state index in [0.29, 0.717) is 5.56 Å². The third kappa shape index (κ3) is 3.14. The van der Waals surface area contributed by atoms with Crippen LogP contribution in [0.1, 0.15) is 27.8 Å². The highest BCUT2D eigenvalue weighted by Crippen LogP contribution is 2.19. The minimum atomic E-state index is 0.690. The zero-order valence-corrected chi connectivity index (χ0v) is 11.6. The van der Waals surface area contributed by atoms with E-state index in [0.717, 1.165) is 17.8 Å². The summed E-state index contributed by atoms with van der Waals surface area (Å²) in [6.45, 7) is 6.98. The van der Waals surface area contributed by atoms with Gasteiger partial charge in [0, 0.05) is 6.54 Å². The second-order valence-corrected chi connectivity index (χ2v) is 4.94. The molecule has 0 saturated heterocycles. The van der Waals surface area contributed by atoms with Crippen molar-refractivity contribution < 1.29 is 0 Å². The number of nitriles is 1. The highest BCUT2D eigenvalue weighted by Gasteiger charge is 2.03. The number of nitrogens with one attached hydrogen (secondary N) is 1. The van der Waals surface area contributed by atoms with Gasteiger partial charge in [-0.05, 0) is 49.6 Å². The molecular formula is C17H18N2. The van der Waals surface area contributed by atoms with Gasteiger partial charge in [0.05, 0.1) is 11.3 Å². The van der Waals surface area contributed by atoms with Crippen LogP contribution in [0.2, 0.25) is 0 Å². The Labute approximate surface area is 114 Å². The van der Waals surface area contributed by atoms with Gasteiger partial charge in [-0.2, -0.15) is 5.26 Å². The number of aryl methyl sites for hydroxylation is 3. The SMILES string of the molecule is Cc1ccc(CNc2cc(C)ccc2C#N)c(C)c1. The van der Waals surface area contributed by atoms with Crippen molar-refractivity contribution in [1.82, 2.24) is 0 Å². The minimum Gasteiger partial charge on any atom is -0.380 e. The van der Waals surface area contributed by atoms with Gasteiger partial charge in [-0.25, -0.2) is 0 Å². The summed E-state index contributed by atoms with van der Waals surface area (Å²) in [6.07, 6.45) is 0. The van der Waals surface area contributed by atoms with Crippen molar-refractivity contribution in [2.45, 2.75) is 27.3 Å². The maximum atomic E-state index is 9.11. The van der Waals surface area contributed by atoms with Gasteiger partial charge in [-0.3, -0.25) is 0 Å². The molecule has 0 fully saturated rings. The molecule has 19 heavy (non-hydrogen) atoms. The first-order chi connectivity index (χ1) is 9.10. The lowest BCUT2D eigenvalue weighted by Crippen LogP contribution is -2.03. The molecule has 0 radical (unpaired) electrons. The third-order valence-electron chi connectivity index (χ3n) is 3.26. The molecule has 1 N–H and O–H groups in total. The third-order valence-corrected chi connectivity index (χ3v) is 3.26. The molecule has 2 aromatic rings. The van der Waals surface area contributed by atoms with Gasteiger partial charge in [0.2, 0.25) is 0 Å². The van der Waals surface area contributed by atoms with Crippen molar-refractivity contribution in [2.75, 3.05) is 5.32 Å². The molecule has 0 unspecified atom stereocenters. The Bertz CT molecular complexity index is 636. The summed E-state index contributed by atoms with van der Waals surface area (Å²) in [7, 11) is 0. The Balaban J connectivity index is 2.19. The number of anilines is 1. The summed E-state index contributed by atoms with van der Waals surface area (Å²) < 4.78 is 0. The molecular weight excluding hydrogens is 232 g/mol. The van der Waals surface area contributed by atoms with Crippen LogP contribution in [0.4, 0.5) is 5.69 Å². The molecule has 2 heteroatoms. The number of hydrogen-bond acceptors (Lipinski definition) is 2. The molecule has 0 heterocycles. The van der Waals surface area contributed by atoms with Crippen LogP contribution in [0.15, 0.2) is 36.4 Å². The van der Waals surface area contributed by atoms with Gasteiger partial charge < -0.3 is 5.32 Å². The highest BCUT2D eigenvalue weighted by molar-refractivity contribution is 5.59. The lowest BCUT2D eigenvalue weighted by Gasteiger charge is -2.11. The van der Waals surface area contributed by atoms with E-state index in [1.54, 1.807) is 0 Å². The van der Waals surface area contributed by atoms with Crippen LogP contribution >= 0.6 is 0 Å². The van der Waals surface area contributed by atoms with E-state index in [9.17, 15) is 0 Å². The second kappa shape index (κ2) is 5.58. The van der Waals surface area contributed by atoms with E-state index < -0.39 is 0 Å². The average molecular weight is 250 g/mol. The lowest BCUT2D eigenvalue weighted by molar-refractivity contribution is 1.11. The van der Waals surface area contributed by atoms with Gasteiger partial charge in [0.1, 0.15) is 6.07 Å². The van der Waals surface area contributed by atoms with Crippen LogP contribution in [0.25, 0.3) is 0 Å². The Morgan fingerprint density at radius 1 is 1.00 bits per heavy atom. The fraction of sp³-hybridized carbons (Fsp3) is 0.235. The van der Waals surface area contributed by atoms with Crippen molar-refractivity contribution in [3.05, 3.63) is 64.2 Å². The summed E-state index contributed by atoms with van der Waals surface area (Å²) in [6, 6.07) is 14.5. The van der Waals surface area contributed by atoms with Crippen molar-refractivity contribution in [3.63, 3.8) is 0 Å². The van der Waals surface area contributed by atoms with Crippen LogP contribution in [-0.2, 0) is 6.54 Å². The standard InChI is InChI=1S/C17H18N2/c1-12-5-7-16(14(3)8-12)11-19-17-9-13(2)4-6-15(17)10-18/h4-9,19H,11H2,1-3H3. The zero-order valence-electron chi connectivity index (χ0n) is 11.6. The number of hydrogen-bond donors (Lipinski definition) is 1. The van der Waals surface area contributed by atoms with Crippen molar-refractivity contribution in [3.8, 4) is 6.07 Å². The van der Waals surface area contributed by atoms with Crippen molar-refractivity contribution in [1.29, 1.82) is 5.26 Å². The maximum Gasteiger partial charge on any atom is 0.101 e. The molecule has 0 saturated carbocycles. The summed E-state index contributed by atoms with van der Waals surface area (Å²) in [5.41, 5.74) is 6.56. The van der Waals surface area contributed by atoms with E-state index in [-0.39, 0.29) is 0 Å². The number of rotatable bonds is 3. The first-order valence-electron chi connectivity index (χ1n) is 6.41. The summed E-state index contributed by atoms with van der Waals surface area (Å²) in [5, 5.41) is 12.5. The monoisotopic (exact) mass is 250 g/mol. The first kappa shape index (κ1) is 13.2. The largest absolute Gasteiger partial charge is 0.380 e. The summed E-state index contributed by atoms with van der Waals surface area (Å²) >= 11 is 0. The average Bonchev–Trinajstić information content (AvgIpc) is 2.38. The Kier molecular flexibility index (Phi) is 3.87. The smallest absolute Gasteiger partial charge is 0.101 e. The van der Waals surface area contributed by atoms with E-state index in [1.165, 1.54) is 16.7 Å². The van der Waals surface area contributed by atoms with Crippen molar-refractivity contribution >= 4 is 5.69 Å². The second-order valence-electron chi connectivity index (χ2n) is 4.94. The Morgan fingerprint density at radius 3 is 2.37 bits per heavy atom. The van der Waals surface area contributed by atoms with E-state index in [4.69, 9.17) is 5.26 Å². The first-order valence-corrected chi connectivity index (χ1v) is 6.41. The Morgan fingerprint density at radius 2 is 1.68 bits per heavy atom. The fourth-order valence-corrected chi connectivity index (χ4v) is 2.14. The van der Waals surface area contributed by atoms with Crippen LogP contribution in [-0.4, -0.2) is 0 Å². The van der Waals surface area contributed by atoms with Gasteiger partial charge in [0.25, 0.3) is 0 Å². The summed E-state index contributed by atoms with van der Waals surface area (Å²) in [5.74, 6) is 0. The number of nitrogens with zero attached hydrogens (tertiary/aromatic N) is 1. The molecule has 0 aromatic heterocycles. The van der Waals surface area contributed by atoms with Gasteiger partial charge in [-0.1, -0.05) is 29.8 Å². The Hall–Kier alpha value is -2.27. The summed E-state index contributed by atoms with van der Waals surface area (Å²) in [4.78, 5) is 0. The van der Waals surface area contributed by atoms with Crippen LogP contribution in [0.3, 0.4) is 0 Å².